The monoisotopic (exact) mass is 261 g/mol. The summed E-state index contributed by atoms with van der Waals surface area (Å²) in [4.78, 5) is 0. The number of rotatable bonds is 4. The molecular formula is C15H20FN3. The Balaban J connectivity index is 2.19. The SMILES string of the molecule is Cc1cccc(F)c1NCc1cn(C)nc1C(C)C. The molecule has 4 heteroatoms. The van der Waals surface area contributed by atoms with Crippen LogP contribution in [-0.4, -0.2) is 9.78 Å². The van der Waals surface area contributed by atoms with Crippen LogP contribution in [0, 0.1) is 12.7 Å². The largest absolute Gasteiger partial charge is 0.378 e. The molecular weight excluding hydrogens is 241 g/mol. The minimum Gasteiger partial charge on any atom is -0.378 e. The fraction of sp³-hybridized carbons (Fsp3) is 0.400. The molecule has 1 heterocycles. The zero-order valence-electron chi connectivity index (χ0n) is 11.9. The quantitative estimate of drug-likeness (QED) is 0.911. The molecule has 0 saturated carbocycles. The number of nitrogens with one attached hydrogen (secondary N) is 1. The molecule has 0 bridgehead atoms. The highest BCUT2D eigenvalue weighted by molar-refractivity contribution is 5.52. The van der Waals surface area contributed by atoms with Gasteiger partial charge in [0.2, 0.25) is 0 Å². The summed E-state index contributed by atoms with van der Waals surface area (Å²) in [7, 11) is 1.91. The molecule has 0 saturated heterocycles. The lowest BCUT2D eigenvalue weighted by molar-refractivity contribution is 0.629. The first kappa shape index (κ1) is 13.6. The molecule has 19 heavy (non-hydrogen) atoms. The summed E-state index contributed by atoms with van der Waals surface area (Å²) in [5.41, 5.74) is 3.65. The number of halogens is 1. The molecule has 2 rings (SSSR count). The molecule has 0 fully saturated rings. The molecule has 0 radical (unpaired) electrons. The second kappa shape index (κ2) is 5.43. The summed E-state index contributed by atoms with van der Waals surface area (Å²) in [6, 6.07) is 5.10. The van der Waals surface area contributed by atoms with Crippen LogP contribution in [0.25, 0.3) is 0 Å². The normalized spacial score (nSPS) is 11.1. The van der Waals surface area contributed by atoms with Gasteiger partial charge in [-0.2, -0.15) is 5.10 Å². The minimum absolute atomic E-state index is 0.213. The highest BCUT2D eigenvalue weighted by Gasteiger charge is 2.12. The zero-order valence-corrected chi connectivity index (χ0v) is 11.9. The highest BCUT2D eigenvalue weighted by Crippen LogP contribution is 2.22. The van der Waals surface area contributed by atoms with Gasteiger partial charge in [-0.1, -0.05) is 26.0 Å². The van der Waals surface area contributed by atoms with Gasteiger partial charge in [0.25, 0.3) is 0 Å². The first-order chi connectivity index (χ1) is 8.99. The molecule has 0 atom stereocenters. The topological polar surface area (TPSA) is 29.9 Å². The number of aryl methyl sites for hydroxylation is 2. The van der Waals surface area contributed by atoms with Crippen molar-refractivity contribution < 1.29 is 4.39 Å². The first-order valence-electron chi connectivity index (χ1n) is 6.50. The number of hydrogen-bond donors (Lipinski definition) is 1. The van der Waals surface area contributed by atoms with Crippen LogP contribution in [0.4, 0.5) is 10.1 Å². The Morgan fingerprint density at radius 3 is 2.74 bits per heavy atom. The van der Waals surface area contributed by atoms with Crippen molar-refractivity contribution in [3.05, 3.63) is 47.0 Å². The van der Waals surface area contributed by atoms with Gasteiger partial charge < -0.3 is 5.32 Å². The molecule has 2 aromatic rings. The van der Waals surface area contributed by atoms with Gasteiger partial charge in [0.1, 0.15) is 5.82 Å². The van der Waals surface area contributed by atoms with Crippen LogP contribution in [0.15, 0.2) is 24.4 Å². The summed E-state index contributed by atoms with van der Waals surface area (Å²) in [6.07, 6.45) is 1.98. The van der Waals surface area contributed by atoms with Gasteiger partial charge >= 0.3 is 0 Å². The predicted octanol–water partition coefficient (Wildman–Crippen LogP) is 3.60. The Kier molecular flexibility index (Phi) is 3.88. The van der Waals surface area contributed by atoms with Crippen molar-refractivity contribution in [2.45, 2.75) is 33.2 Å². The highest BCUT2D eigenvalue weighted by atomic mass is 19.1. The van der Waals surface area contributed by atoms with Crippen molar-refractivity contribution in [1.29, 1.82) is 0 Å². The number of anilines is 1. The fourth-order valence-corrected chi connectivity index (χ4v) is 2.22. The summed E-state index contributed by atoms with van der Waals surface area (Å²) in [5.74, 6) is 0.148. The van der Waals surface area contributed by atoms with Crippen molar-refractivity contribution >= 4 is 5.69 Å². The molecule has 0 aliphatic heterocycles. The molecule has 0 amide bonds. The van der Waals surface area contributed by atoms with E-state index < -0.39 is 0 Å². The van der Waals surface area contributed by atoms with Crippen LogP contribution in [0.5, 0.6) is 0 Å². The lowest BCUT2D eigenvalue weighted by Gasteiger charge is -2.11. The molecule has 0 aliphatic rings. The summed E-state index contributed by atoms with van der Waals surface area (Å²) < 4.78 is 15.5. The van der Waals surface area contributed by atoms with Gasteiger partial charge in [0.05, 0.1) is 11.4 Å². The van der Waals surface area contributed by atoms with Gasteiger partial charge in [-0.15, -0.1) is 0 Å². The number of nitrogens with zero attached hydrogens (tertiary/aromatic N) is 2. The van der Waals surface area contributed by atoms with Crippen LogP contribution in [0.3, 0.4) is 0 Å². The van der Waals surface area contributed by atoms with Crippen LogP contribution < -0.4 is 5.32 Å². The van der Waals surface area contributed by atoms with E-state index in [9.17, 15) is 4.39 Å². The lowest BCUT2D eigenvalue weighted by Crippen LogP contribution is -2.05. The maximum Gasteiger partial charge on any atom is 0.146 e. The molecule has 102 valence electrons. The van der Waals surface area contributed by atoms with Crippen LogP contribution in [-0.2, 0) is 13.6 Å². The predicted molar refractivity (Wildman–Crippen MR) is 75.8 cm³/mol. The Hall–Kier alpha value is -1.84. The first-order valence-corrected chi connectivity index (χ1v) is 6.50. The number of benzene rings is 1. The van der Waals surface area contributed by atoms with Crippen molar-refractivity contribution in [2.24, 2.45) is 7.05 Å². The van der Waals surface area contributed by atoms with Gasteiger partial charge in [-0.25, -0.2) is 4.39 Å². The molecule has 1 N–H and O–H groups in total. The number of hydrogen-bond acceptors (Lipinski definition) is 2. The fourth-order valence-electron chi connectivity index (χ4n) is 2.22. The molecule has 1 aromatic carbocycles. The zero-order chi connectivity index (χ0) is 14.0. The van der Waals surface area contributed by atoms with Crippen LogP contribution >= 0.6 is 0 Å². The molecule has 3 nitrogen and oxygen atoms in total. The van der Waals surface area contributed by atoms with E-state index in [-0.39, 0.29) is 5.82 Å². The lowest BCUT2D eigenvalue weighted by atomic mass is 10.1. The van der Waals surface area contributed by atoms with E-state index in [1.165, 1.54) is 6.07 Å². The standard InChI is InChI=1S/C15H20FN3/c1-10(2)14-12(9-19(4)18-14)8-17-15-11(3)6-5-7-13(15)16/h5-7,9-10,17H,8H2,1-4H3. The van der Waals surface area contributed by atoms with E-state index in [1.54, 1.807) is 10.7 Å². The van der Waals surface area contributed by atoms with E-state index >= 15 is 0 Å². The van der Waals surface area contributed by atoms with E-state index in [0.29, 0.717) is 18.2 Å². The number of para-hydroxylation sites is 1. The van der Waals surface area contributed by atoms with Gasteiger partial charge in [0, 0.05) is 25.4 Å². The molecule has 0 spiro atoms. The van der Waals surface area contributed by atoms with Gasteiger partial charge in [0.15, 0.2) is 0 Å². The summed E-state index contributed by atoms with van der Waals surface area (Å²) >= 11 is 0. The Morgan fingerprint density at radius 1 is 1.37 bits per heavy atom. The van der Waals surface area contributed by atoms with Crippen molar-refractivity contribution in [2.75, 3.05) is 5.32 Å². The molecule has 1 aromatic heterocycles. The van der Waals surface area contributed by atoms with E-state index in [0.717, 1.165) is 16.8 Å². The van der Waals surface area contributed by atoms with E-state index in [1.807, 2.05) is 26.2 Å². The van der Waals surface area contributed by atoms with E-state index in [4.69, 9.17) is 0 Å². The maximum absolute atomic E-state index is 13.7. The summed E-state index contributed by atoms with van der Waals surface area (Å²) in [6.45, 7) is 6.71. The Morgan fingerprint density at radius 2 is 2.11 bits per heavy atom. The summed E-state index contributed by atoms with van der Waals surface area (Å²) in [5, 5.41) is 7.63. The van der Waals surface area contributed by atoms with Gasteiger partial charge in [-0.3, -0.25) is 4.68 Å². The average molecular weight is 261 g/mol. The third-order valence-electron chi connectivity index (χ3n) is 3.16. The second-order valence-corrected chi connectivity index (χ2v) is 5.15. The average Bonchev–Trinajstić information content (AvgIpc) is 2.70. The third kappa shape index (κ3) is 2.95. The smallest absolute Gasteiger partial charge is 0.146 e. The Labute approximate surface area is 113 Å². The van der Waals surface area contributed by atoms with E-state index in [2.05, 4.69) is 24.3 Å². The maximum atomic E-state index is 13.7. The third-order valence-corrected chi connectivity index (χ3v) is 3.16. The van der Waals surface area contributed by atoms with Crippen LogP contribution in [0.1, 0.15) is 36.6 Å². The minimum atomic E-state index is -0.213. The van der Waals surface area contributed by atoms with Gasteiger partial charge in [-0.05, 0) is 24.5 Å². The Bertz CT molecular complexity index is 553. The van der Waals surface area contributed by atoms with Crippen molar-refractivity contribution in [3.63, 3.8) is 0 Å². The number of aromatic nitrogens is 2. The molecule has 0 aliphatic carbocycles. The molecule has 0 unspecified atom stereocenters. The van der Waals surface area contributed by atoms with Crippen molar-refractivity contribution in [3.8, 4) is 0 Å². The van der Waals surface area contributed by atoms with Crippen LogP contribution in [0.2, 0.25) is 0 Å². The second-order valence-electron chi connectivity index (χ2n) is 5.15. The van der Waals surface area contributed by atoms with Crippen molar-refractivity contribution in [1.82, 2.24) is 9.78 Å².